The Kier molecular flexibility index (Phi) is 3.20. The SMILES string of the molecule is O=C1OC[C@@H]([C@@H](Cl)c2ccc3c(c2)OCO3)C1(Cl)Cl. The lowest BCUT2D eigenvalue weighted by Gasteiger charge is -2.22. The highest BCUT2D eigenvalue weighted by molar-refractivity contribution is 6.58. The maximum atomic E-state index is 11.4. The number of carbonyl (C=O) groups is 1. The molecule has 1 saturated heterocycles. The molecule has 0 aromatic heterocycles. The van der Waals surface area contributed by atoms with Crippen LogP contribution in [0.4, 0.5) is 0 Å². The number of cyclic esters (lactones) is 1. The van der Waals surface area contributed by atoms with Gasteiger partial charge in [0.1, 0.15) is 0 Å². The van der Waals surface area contributed by atoms with Crippen LogP contribution in [0.2, 0.25) is 0 Å². The second-order valence-corrected chi connectivity index (χ2v) is 6.20. The van der Waals surface area contributed by atoms with Gasteiger partial charge in [-0.05, 0) is 17.7 Å². The van der Waals surface area contributed by atoms with E-state index >= 15 is 0 Å². The third kappa shape index (κ3) is 2.12. The van der Waals surface area contributed by atoms with E-state index in [0.717, 1.165) is 5.56 Å². The molecule has 1 fully saturated rings. The minimum atomic E-state index is -1.62. The molecule has 0 N–H and O–H groups in total. The van der Waals surface area contributed by atoms with Crippen LogP contribution in [0, 0.1) is 5.92 Å². The summed E-state index contributed by atoms with van der Waals surface area (Å²) >= 11 is 18.4. The van der Waals surface area contributed by atoms with Crippen molar-refractivity contribution >= 4 is 40.8 Å². The molecular weight excluding hydrogens is 314 g/mol. The molecule has 0 spiro atoms. The summed E-state index contributed by atoms with van der Waals surface area (Å²) < 4.78 is 13.8. The van der Waals surface area contributed by atoms with E-state index in [1.807, 2.05) is 0 Å². The lowest BCUT2D eigenvalue weighted by molar-refractivity contribution is -0.138. The van der Waals surface area contributed by atoms with Crippen molar-refractivity contribution in [2.45, 2.75) is 9.71 Å². The molecule has 2 heterocycles. The largest absolute Gasteiger partial charge is 0.463 e. The fourth-order valence-corrected chi connectivity index (χ4v) is 3.12. The number of esters is 1. The van der Waals surface area contributed by atoms with Crippen LogP contribution in [-0.2, 0) is 9.53 Å². The van der Waals surface area contributed by atoms with Gasteiger partial charge >= 0.3 is 5.97 Å². The van der Waals surface area contributed by atoms with Gasteiger partial charge in [0.15, 0.2) is 11.5 Å². The number of halogens is 3. The highest BCUT2D eigenvalue weighted by Crippen LogP contribution is 2.48. The fraction of sp³-hybridized carbons (Fsp3) is 0.417. The number of alkyl halides is 3. The molecular formula is C12H9Cl3O4. The molecule has 3 rings (SSSR count). The first-order valence-corrected chi connectivity index (χ1v) is 6.78. The van der Waals surface area contributed by atoms with Gasteiger partial charge in [0.25, 0.3) is 0 Å². The predicted molar refractivity (Wildman–Crippen MR) is 70.0 cm³/mol. The van der Waals surface area contributed by atoms with E-state index < -0.39 is 21.6 Å². The predicted octanol–water partition coefficient (Wildman–Crippen LogP) is 3.04. The smallest absolute Gasteiger partial charge is 0.343 e. The zero-order valence-electron chi connectivity index (χ0n) is 9.57. The van der Waals surface area contributed by atoms with Crippen molar-refractivity contribution in [2.75, 3.05) is 13.4 Å². The molecule has 0 amide bonds. The second kappa shape index (κ2) is 4.62. The van der Waals surface area contributed by atoms with Gasteiger partial charge in [-0.25, -0.2) is 4.79 Å². The van der Waals surface area contributed by atoms with Gasteiger partial charge in [-0.1, -0.05) is 29.3 Å². The average molecular weight is 324 g/mol. The Morgan fingerprint density at radius 1 is 1.21 bits per heavy atom. The number of ether oxygens (including phenoxy) is 3. The summed E-state index contributed by atoms with van der Waals surface area (Å²) in [6.45, 7) is 0.278. The molecule has 2 aliphatic rings. The van der Waals surface area contributed by atoms with Crippen molar-refractivity contribution < 1.29 is 19.0 Å². The van der Waals surface area contributed by atoms with Gasteiger partial charge in [-0.3, -0.25) is 0 Å². The minimum Gasteiger partial charge on any atom is -0.463 e. The maximum Gasteiger partial charge on any atom is 0.343 e. The van der Waals surface area contributed by atoms with Crippen molar-refractivity contribution in [3.05, 3.63) is 23.8 Å². The molecule has 0 saturated carbocycles. The number of rotatable bonds is 2. The summed E-state index contributed by atoms with van der Waals surface area (Å²) in [4.78, 5) is 11.4. The highest BCUT2D eigenvalue weighted by Gasteiger charge is 2.53. The third-order valence-electron chi connectivity index (χ3n) is 3.20. The van der Waals surface area contributed by atoms with E-state index in [2.05, 4.69) is 0 Å². The maximum absolute atomic E-state index is 11.4. The zero-order chi connectivity index (χ0) is 13.6. The van der Waals surface area contributed by atoms with E-state index in [9.17, 15) is 4.79 Å². The molecule has 19 heavy (non-hydrogen) atoms. The third-order valence-corrected chi connectivity index (χ3v) is 4.63. The Morgan fingerprint density at radius 2 is 1.95 bits per heavy atom. The lowest BCUT2D eigenvalue weighted by Crippen LogP contribution is -2.30. The highest BCUT2D eigenvalue weighted by atomic mass is 35.5. The number of fused-ring (bicyclic) bond motifs is 1. The van der Waals surface area contributed by atoms with E-state index in [4.69, 9.17) is 49.0 Å². The monoisotopic (exact) mass is 322 g/mol. The lowest BCUT2D eigenvalue weighted by atomic mass is 9.97. The van der Waals surface area contributed by atoms with Crippen molar-refractivity contribution in [1.82, 2.24) is 0 Å². The van der Waals surface area contributed by atoms with E-state index in [-0.39, 0.29) is 13.4 Å². The number of benzene rings is 1. The first-order valence-electron chi connectivity index (χ1n) is 5.59. The minimum absolute atomic E-state index is 0.0917. The quantitative estimate of drug-likeness (QED) is 0.620. The Balaban J connectivity index is 1.88. The summed E-state index contributed by atoms with van der Waals surface area (Å²) in [5, 5.41) is -0.559. The summed E-state index contributed by atoms with van der Waals surface area (Å²) in [7, 11) is 0. The molecule has 4 nitrogen and oxygen atoms in total. The number of carbonyl (C=O) groups excluding carboxylic acids is 1. The molecule has 0 radical (unpaired) electrons. The van der Waals surface area contributed by atoms with Gasteiger partial charge in [0, 0.05) is 0 Å². The van der Waals surface area contributed by atoms with Crippen LogP contribution >= 0.6 is 34.8 Å². The molecule has 7 heteroatoms. The topological polar surface area (TPSA) is 44.8 Å². The van der Waals surface area contributed by atoms with Crippen molar-refractivity contribution in [2.24, 2.45) is 5.92 Å². The van der Waals surface area contributed by atoms with Crippen LogP contribution in [0.1, 0.15) is 10.9 Å². The van der Waals surface area contributed by atoms with Crippen LogP contribution in [-0.4, -0.2) is 23.7 Å². The molecule has 2 aliphatic heterocycles. The summed E-state index contributed by atoms with van der Waals surface area (Å²) in [6, 6.07) is 5.30. The molecule has 2 atom stereocenters. The Bertz CT molecular complexity index is 532. The normalized spacial score (nSPS) is 25.2. The van der Waals surface area contributed by atoms with Crippen LogP contribution in [0.3, 0.4) is 0 Å². The van der Waals surface area contributed by atoms with Crippen molar-refractivity contribution in [3.63, 3.8) is 0 Å². The first-order chi connectivity index (χ1) is 9.00. The number of hydrogen-bond donors (Lipinski definition) is 0. The van der Waals surface area contributed by atoms with Crippen LogP contribution in [0.5, 0.6) is 11.5 Å². The van der Waals surface area contributed by atoms with Crippen LogP contribution < -0.4 is 9.47 Å². The average Bonchev–Trinajstić information content (AvgIpc) is 2.94. The fourth-order valence-electron chi connectivity index (χ4n) is 2.10. The van der Waals surface area contributed by atoms with Gasteiger partial charge in [0.05, 0.1) is 17.9 Å². The van der Waals surface area contributed by atoms with Crippen molar-refractivity contribution in [3.8, 4) is 11.5 Å². The molecule has 0 aliphatic carbocycles. The molecule has 0 bridgehead atoms. The van der Waals surface area contributed by atoms with E-state index in [1.165, 1.54) is 0 Å². The molecule has 1 aromatic carbocycles. The Hall–Kier alpha value is -0.840. The first kappa shape index (κ1) is 13.2. The molecule has 0 unspecified atom stereocenters. The van der Waals surface area contributed by atoms with Crippen LogP contribution in [0.25, 0.3) is 0 Å². The van der Waals surface area contributed by atoms with Gasteiger partial charge in [-0.2, -0.15) is 0 Å². The van der Waals surface area contributed by atoms with E-state index in [0.29, 0.717) is 11.5 Å². The number of hydrogen-bond acceptors (Lipinski definition) is 4. The van der Waals surface area contributed by atoms with Crippen LogP contribution in [0.15, 0.2) is 18.2 Å². The van der Waals surface area contributed by atoms with Gasteiger partial charge < -0.3 is 14.2 Å². The standard InChI is InChI=1S/C12H9Cl3O4/c13-10(7-4-17-11(16)12(7,14)15)6-1-2-8-9(3-6)19-5-18-8/h1-3,7,10H,4-5H2/t7-,10-/m0/s1. The Morgan fingerprint density at radius 3 is 2.63 bits per heavy atom. The van der Waals surface area contributed by atoms with Gasteiger partial charge in [0.2, 0.25) is 11.1 Å². The van der Waals surface area contributed by atoms with Crippen molar-refractivity contribution in [1.29, 1.82) is 0 Å². The zero-order valence-corrected chi connectivity index (χ0v) is 11.8. The summed E-state index contributed by atoms with van der Waals surface area (Å²) in [6.07, 6.45) is 0. The molecule has 1 aromatic rings. The summed E-state index contributed by atoms with van der Waals surface area (Å²) in [5.74, 6) is 0.0927. The molecule has 102 valence electrons. The Labute approximate surface area is 124 Å². The van der Waals surface area contributed by atoms with E-state index in [1.54, 1.807) is 18.2 Å². The van der Waals surface area contributed by atoms with Gasteiger partial charge in [-0.15, -0.1) is 11.6 Å². The summed E-state index contributed by atoms with van der Waals surface area (Å²) in [5.41, 5.74) is 0.750. The second-order valence-electron chi connectivity index (χ2n) is 4.34.